The molecule has 0 aromatic rings. The van der Waals surface area contributed by atoms with Gasteiger partial charge >= 0.3 is 5.97 Å². The van der Waals surface area contributed by atoms with E-state index in [9.17, 15) is 4.79 Å². The van der Waals surface area contributed by atoms with Crippen molar-refractivity contribution in [2.75, 3.05) is 46.8 Å². The molecular formula is C12H23N3O2. The molecule has 0 radical (unpaired) electrons. The van der Waals surface area contributed by atoms with E-state index >= 15 is 0 Å². The first-order chi connectivity index (χ1) is 8.02. The van der Waals surface area contributed by atoms with Crippen LogP contribution in [0.15, 0.2) is 0 Å². The molecule has 5 heteroatoms. The van der Waals surface area contributed by atoms with Crippen molar-refractivity contribution in [1.29, 1.82) is 0 Å². The molecule has 0 aromatic carbocycles. The summed E-state index contributed by atoms with van der Waals surface area (Å²) in [5.41, 5.74) is -0.146. The second-order valence-corrected chi connectivity index (χ2v) is 5.70. The Morgan fingerprint density at radius 3 is 2.71 bits per heavy atom. The van der Waals surface area contributed by atoms with Gasteiger partial charge in [0.2, 0.25) is 0 Å². The molecule has 2 N–H and O–H groups in total. The third kappa shape index (κ3) is 2.78. The van der Waals surface area contributed by atoms with Gasteiger partial charge in [0.15, 0.2) is 0 Å². The molecule has 0 bridgehead atoms. The highest BCUT2D eigenvalue weighted by Crippen LogP contribution is 2.26. The minimum Gasteiger partial charge on any atom is -0.481 e. The fourth-order valence-electron chi connectivity index (χ4n) is 2.98. The van der Waals surface area contributed by atoms with E-state index in [2.05, 4.69) is 29.2 Å². The van der Waals surface area contributed by atoms with Gasteiger partial charge in [0.05, 0.1) is 12.0 Å². The van der Waals surface area contributed by atoms with E-state index in [4.69, 9.17) is 5.11 Å². The van der Waals surface area contributed by atoms with Gasteiger partial charge in [0, 0.05) is 26.2 Å². The largest absolute Gasteiger partial charge is 0.481 e. The number of carboxylic acids is 1. The highest BCUT2D eigenvalue weighted by atomic mass is 16.4. The van der Waals surface area contributed by atoms with E-state index in [0.717, 1.165) is 26.2 Å². The van der Waals surface area contributed by atoms with Gasteiger partial charge in [0.25, 0.3) is 0 Å². The van der Waals surface area contributed by atoms with E-state index in [1.807, 2.05) is 0 Å². The van der Waals surface area contributed by atoms with Gasteiger partial charge in [-0.15, -0.1) is 0 Å². The Morgan fingerprint density at radius 2 is 2.29 bits per heavy atom. The number of rotatable bonds is 5. The van der Waals surface area contributed by atoms with Crippen molar-refractivity contribution in [3.05, 3.63) is 0 Å². The molecule has 2 heterocycles. The van der Waals surface area contributed by atoms with Gasteiger partial charge < -0.3 is 15.3 Å². The summed E-state index contributed by atoms with van der Waals surface area (Å²) >= 11 is 0. The van der Waals surface area contributed by atoms with Crippen LogP contribution in [-0.2, 0) is 4.79 Å². The fourth-order valence-corrected chi connectivity index (χ4v) is 2.98. The zero-order valence-electron chi connectivity index (χ0n) is 10.8. The molecular weight excluding hydrogens is 218 g/mol. The monoisotopic (exact) mass is 241 g/mol. The summed E-state index contributed by atoms with van der Waals surface area (Å²) in [4.78, 5) is 15.6. The van der Waals surface area contributed by atoms with Crippen LogP contribution in [0.1, 0.15) is 12.8 Å². The highest BCUT2D eigenvalue weighted by Gasteiger charge is 2.43. The van der Waals surface area contributed by atoms with Gasteiger partial charge in [-0.1, -0.05) is 0 Å². The number of likely N-dealkylation sites (N-methyl/N-ethyl adjacent to an activating group) is 1. The Bertz CT molecular complexity index is 291. The lowest BCUT2D eigenvalue weighted by molar-refractivity contribution is -0.141. The van der Waals surface area contributed by atoms with Crippen LogP contribution in [0.5, 0.6) is 0 Å². The number of hydrogen-bond donors (Lipinski definition) is 2. The zero-order chi connectivity index (χ0) is 12.5. The van der Waals surface area contributed by atoms with Crippen LogP contribution in [0.2, 0.25) is 0 Å². The number of carboxylic acid groups (broad SMARTS) is 1. The molecule has 0 aromatic heterocycles. The Balaban J connectivity index is 1.89. The maximum atomic E-state index is 10.9. The van der Waals surface area contributed by atoms with Crippen LogP contribution in [-0.4, -0.2) is 73.2 Å². The van der Waals surface area contributed by atoms with E-state index in [1.165, 1.54) is 13.0 Å². The molecule has 0 amide bonds. The maximum absolute atomic E-state index is 10.9. The number of likely N-dealkylation sites (tertiary alicyclic amines) is 1. The summed E-state index contributed by atoms with van der Waals surface area (Å²) in [7, 11) is 4.22. The van der Waals surface area contributed by atoms with Crippen molar-refractivity contribution < 1.29 is 9.90 Å². The molecule has 0 saturated carbocycles. The van der Waals surface area contributed by atoms with Crippen molar-refractivity contribution in [2.45, 2.75) is 18.4 Å². The first-order valence-electron chi connectivity index (χ1n) is 6.34. The highest BCUT2D eigenvalue weighted by molar-refractivity contribution is 5.68. The number of nitrogens with zero attached hydrogens (tertiary/aromatic N) is 2. The van der Waals surface area contributed by atoms with Crippen LogP contribution in [0, 0.1) is 5.92 Å². The van der Waals surface area contributed by atoms with Crippen LogP contribution in [0.3, 0.4) is 0 Å². The van der Waals surface area contributed by atoms with E-state index in [1.54, 1.807) is 0 Å². The molecule has 2 aliphatic heterocycles. The average molecular weight is 241 g/mol. The second-order valence-electron chi connectivity index (χ2n) is 5.70. The normalized spacial score (nSPS) is 28.3. The van der Waals surface area contributed by atoms with Crippen molar-refractivity contribution in [1.82, 2.24) is 15.1 Å². The molecule has 0 spiro atoms. The SMILES string of the molecule is CN1CCC(CN(C)C2(CC(=O)O)CNC2)C1. The van der Waals surface area contributed by atoms with Gasteiger partial charge in [-0.05, 0) is 33.0 Å². The lowest BCUT2D eigenvalue weighted by Gasteiger charge is -2.49. The average Bonchev–Trinajstić information content (AvgIpc) is 2.57. The number of aliphatic carboxylic acids is 1. The van der Waals surface area contributed by atoms with E-state index in [0.29, 0.717) is 5.92 Å². The summed E-state index contributed by atoms with van der Waals surface area (Å²) in [6.45, 7) is 4.93. The summed E-state index contributed by atoms with van der Waals surface area (Å²) in [5, 5.41) is 12.2. The van der Waals surface area contributed by atoms with E-state index < -0.39 is 5.97 Å². The summed E-state index contributed by atoms with van der Waals surface area (Å²) < 4.78 is 0. The van der Waals surface area contributed by atoms with Crippen molar-refractivity contribution >= 4 is 5.97 Å². The van der Waals surface area contributed by atoms with Gasteiger partial charge in [-0.25, -0.2) is 0 Å². The minimum atomic E-state index is -0.693. The molecule has 1 unspecified atom stereocenters. The molecule has 98 valence electrons. The van der Waals surface area contributed by atoms with Gasteiger partial charge in [0.1, 0.15) is 0 Å². The van der Waals surface area contributed by atoms with Crippen molar-refractivity contribution in [3.8, 4) is 0 Å². The lowest BCUT2D eigenvalue weighted by Crippen LogP contribution is -2.69. The molecule has 2 rings (SSSR count). The third-order valence-corrected chi connectivity index (χ3v) is 4.22. The molecule has 2 aliphatic rings. The topological polar surface area (TPSA) is 55.8 Å². The standard InChI is InChI=1S/C12H23N3O2/c1-14-4-3-10(6-14)7-15(2)12(5-11(16)17)8-13-9-12/h10,13H,3-9H2,1-2H3,(H,16,17). The smallest absolute Gasteiger partial charge is 0.305 e. The van der Waals surface area contributed by atoms with Gasteiger partial charge in [-0.3, -0.25) is 9.69 Å². The maximum Gasteiger partial charge on any atom is 0.305 e. The third-order valence-electron chi connectivity index (χ3n) is 4.22. The van der Waals surface area contributed by atoms with Crippen LogP contribution in [0.4, 0.5) is 0 Å². The van der Waals surface area contributed by atoms with Crippen LogP contribution < -0.4 is 5.32 Å². The molecule has 0 aliphatic carbocycles. The molecule has 2 saturated heterocycles. The first kappa shape index (κ1) is 12.8. The predicted octanol–water partition coefficient (Wildman–Crippen LogP) is -0.313. The second kappa shape index (κ2) is 4.92. The summed E-state index contributed by atoms with van der Waals surface area (Å²) in [6.07, 6.45) is 1.48. The zero-order valence-corrected chi connectivity index (χ0v) is 10.8. The number of hydrogen-bond acceptors (Lipinski definition) is 4. The molecule has 17 heavy (non-hydrogen) atoms. The number of nitrogens with one attached hydrogen (secondary N) is 1. The van der Waals surface area contributed by atoms with Crippen LogP contribution >= 0.6 is 0 Å². The summed E-state index contributed by atoms with van der Waals surface area (Å²) in [5.74, 6) is -0.00170. The van der Waals surface area contributed by atoms with E-state index in [-0.39, 0.29) is 12.0 Å². The first-order valence-corrected chi connectivity index (χ1v) is 6.34. The van der Waals surface area contributed by atoms with Crippen molar-refractivity contribution in [3.63, 3.8) is 0 Å². The number of carbonyl (C=O) groups is 1. The Hall–Kier alpha value is -0.650. The molecule has 5 nitrogen and oxygen atoms in total. The van der Waals surface area contributed by atoms with Crippen LogP contribution in [0.25, 0.3) is 0 Å². The Morgan fingerprint density at radius 1 is 1.59 bits per heavy atom. The lowest BCUT2D eigenvalue weighted by atomic mass is 9.86. The minimum absolute atomic E-state index is 0.146. The predicted molar refractivity (Wildman–Crippen MR) is 66.1 cm³/mol. The Labute approximate surface area is 103 Å². The fraction of sp³-hybridized carbons (Fsp3) is 0.917. The molecule has 1 atom stereocenters. The van der Waals surface area contributed by atoms with Gasteiger partial charge in [-0.2, -0.15) is 0 Å². The summed E-state index contributed by atoms with van der Waals surface area (Å²) in [6, 6.07) is 0. The molecule has 2 fully saturated rings. The van der Waals surface area contributed by atoms with Crippen molar-refractivity contribution in [2.24, 2.45) is 5.92 Å². The Kier molecular flexibility index (Phi) is 3.70. The quantitative estimate of drug-likeness (QED) is 0.691.